The molecule has 1 saturated carbocycles. The molecule has 1 amide bonds. The van der Waals surface area contributed by atoms with E-state index in [2.05, 4.69) is 14.8 Å². The quantitative estimate of drug-likeness (QED) is 0.908. The van der Waals surface area contributed by atoms with Gasteiger partial charge < -0.3 is 19.9 Å². The van der Waals surface area contributed by atoms with Crippen molar-refractivity contribution >= 4 is 17.3 Å². The van der Waals surface area contributed by atoms with Crippen molar-refractivity contribution in [3.8, 4) is 0 Å². The summed E-state index contributed by atoms with van der Waals surface area (Å²) in [5.41, 5.74) is 2.59. The van der Waals surface area contributed by atoms with E-state index < -0.39 is 0 Å². The number of hydrogen-bond acceptors (Lipinski definition) is 3. The fourth-order valence-corrected chi connectivity index (χ4v) is 3.41. The molecule has 0 atom stereocenters. The number of anilines is 2. The Hall–Kier alpha value is -2.27. The van der Waals surface area contributed by atoms with Crippen LogP contribution in [0.4, 0.5) is 11.4 Å². The van der Waals surface area contributed by atoms with E-state index in [0.717, 1.165) is 55.8 Å². The van der Waals surface area contributed by atoms with Gasteiger partial charge in [-0.3, -0.25) is 4.79 Å². The van der Waals surface area contributed by atoms with Crippen molar-refractivity contribution in [2.45, 2.75) is 37.8 Å². The summed E-state index contributed by atoms with van der Waals surface area (Å²) in [6.07, 6.45) is 5.64. The van der Waals surface area contributed by atoms with Crippen molar-refractivity contribution in [1.29, 1.82) is 0 Å². The predicted octanol–water partition coefficient (Wildman–Crippen LogP) is 3.04. The number of nitrogens with zero attached hydrogens (tertiary/aromatic N) is 2. The maximum Gasteiger partial charge on any atom is 0.272 e. The summed E-state index contributed by atoms with van der Waals surface area (Å²) in [6.45, 7) is 1.62. The molecule has 0 bridgehead atoms. The van der Waals surface area contributed by atoms with Crippen LogP contribution in [0.3, 0.4) is 0 Å². The molecule has 2 fully saturated rings. The molecule has 1 aromatic heterocycles. The number of amides is 1. The fourth-order valence-electron chi connectivity index (χ4n) is 3.41. The average molecular weight is 325 g/mol. The summed E-state index contributed by atoms with van der Waals surface area (Å²) < 4.78 is 2.08. The van der Waals surface area contributed by atoms with Gasteiger partial charge in [-0.25, -0.2) is 0 Å². The third-order valence-corrected chi connectivity index (χ3v) is 4.91. The molecule has 4 rings (SSSR count). The second kappa shape index (κ2) is 6.32. The van der Waals surface area contributed by atoms with Gasteiger partial charge in [0.15, 0.2) is 0 Å². The van der Waals surface area contributed by atoms with E-state index in [9.17, 15) is 9.90 Å². The van der Waals surface area contributed by atoms with Gasteiger partial charge in [-0.05, 0) is 49.9 Å². The van der Waals surface area contributed by atoms with Gasteiger partial charge in [0.2, 0.25) is 0 Å². The number of aliphatic hydroxyl groups is 1. The number of rotatable bonds is 4. The third kappa shape index (κ3) is 3.04. The number of nitrogens with one attached hydrogen (secondary N) is 1. The zero-order valence-electron chi connectivity index (χ0n) is 13.7. The Morgan fingerprint density at radius 1 is 1.04 bits per heavy atom. The third-order valence-electron chi connectivity index (χ3n) is 4.91. The van der Waals surface area contributed by atoms with Crippen molar-refractivity contribution in [3.05, 3.63) is 48.3 Å². The Balaban J connectivity index is 1.54. The Labute approximate surface area is 141 Å². The molecule has 2 heterocycles. The standard InChI is InChI=1S/C19H23N3O2/c23-15-9-12-21(13-10-15)17-5-2-1-4-16(17)20-19(24)18-6-3-11-22(18)14-7-8-14/h1-6,11,14-15,23H,7-10,12-13H2,(H,20,24). The highest BCUT2D eigenvalue weighted by atomic mass is 16.3. The first kappa shape index (κ1) is 15.3. The predicted molar refractivity (Wildman–Crippen MR) is 94.6 cm³/mol. The summed E-state index contributed by atoms with van der Waals surface area (Å²) in [6, 6.07) is 12.2. The van der Waals surface area contributed by atoms with Crippen LogP contribution in [-0.2, 0) is 0 Å². The number of piperidine rings is 1. The summed E-state index contributed by atoms with van der Waals surface area (Å²) in [7, 11) is 0. The average Bonchev–Trinajstić information content (AvgIpc) is 3.32. The van der Waals surface area contributed by atoms with Crippen LogP contribution >= 0.6 is 0 Å². The highest BCUT2D eigenvalue weighted by Gasteiger charge is 2.27. The molecule has 0 radical (unpaired) electrons. The normalized spacial score (nSPS) is 18.6. The van der Waals surface area contributed by atoms with Gasteiger partial charge in [0.25, 0.3) is 5.91 Å². The van der Waals surface area contributed by atoms with E-state index in [-0.39, 0.29) is 12.0 Å². The van der Waals surface area contributed by atoms with Crippen LogP contribution in [0.5, 0.6) is 0 Å². The Bertz CT molecular complexity index is 728. The van der Waals surface area contributed by atoms with E-state index in [4.69, 9.17) is 0 Å². The number of aromatic nitrogens is 1. The molecule has 2 aromatic rings. The minimum absolute atomic E-state index is 0.0589. The lowest BCUT2D eigenvalue weighted by Crippen LogP contribution is -2.36. The molecule has 1 aromatic carbocycles. The second-order valence-corrected chi connectivity index (χ2v) is 6.72. The monoisotopic (exact) mass is 325 g/mol. The van der Waals surface area contributed by atoms with E-state index in [1.165, 1.54) is 0 Å². The number of hydrogen-bond donors (Lipinski definition) is 2. The minimum atomic E-state index is -0.204. The molecule has 2 aliphatic rings. The number of carbonyl (C=O) groups is 1. The summed E-state index contributed by atoms with van der Waals surface area (Å²) in [4.78, 5) is 15.0. The van der Waals surface area contributed by atoms with Crippen LogP contribution in [0.25, 0.3) is 0 Å². The topological polar surface area (TPSA) is 57.5 Å². The fraction of sp³-hybridized carbons (Fsp3) is 0.421. The lowest BCUT2D eigenvalue weighted by Gasteiger charge is -2.32. The van der Waals surface area contributed by atoms with Gasteiger partial charge in [0.1, 0.15) is 5.69 Å². The molecule has 1 saturated heterocycles. The molecule has 2 N–H and O–H groups in total. The smallest absolute Gasteiger partial charge is 0.272 e. The van der Waals surface area contributed by atoms with E-state index in [0.29, 0.717) is 6.04 Å². The largest absolute Gasteiger partial charge is 0.393 e. The Morgan fingerprint density at radius 3 is 2.54 bits per heavy atom. The first-order chi connectivity index (χ1) is 11.7. The number of carbonyl (C=O) groups excluding carboxylic acids is 1. The zero-order valence-corrected chi connectivity index (χ0v) is 13.7. The molecule has 1 aliphatic carbocycles. The SMILES string of the molecule is O=C(Nc1ccccc1N1CCC(O)CC1)c1cccn1C1CC1. The molecule has 126 valence electrons. The maximum atomic E-state index is 12.7. The second-order valence-electron chi connectivity index (χ2n) is 6.72. The number of para-hydroxylation sites is 2. The number of aliphatic hydroxyl groups excluding tert-OH is 1. The van der Waals surface area contributed by atoms with E-state index >= 15 is 0 Å². The van der Waals surface area contributed by atoms with Gasteiger partial charge >= 0.3 is 0 Å². The highest BCUT2D eigenvalue weighted by Crippen LogP contribution is 2.36. The van der Waals surface area contributed by atoms with Gasteiger partial charge in [-0.2, -0.15) is 0 Å². The zero-order chi connectivity index (χ0) is 16.5. The Morgan fingerprint density at radius 2 is 1.79 bits per heavy atom. The van der Waals surface area contributed by atoms with Crippen LogP contribution in [-0.4, -0.2) is 34.8 Å². The molecule has 0 unspecified atom stereocenters. The lowest BCUT2D eigenvalue weighted by molar-refractivity contribution is 0.101. The van der Waals surface area contributed by atoms with Crippen molar-refractivity contribution in [2.75, 3.05) is 23.3 Å². The molecular formula is C19H23N3O2. The molecule has 0 spiro atoms. The van der Waals surface area contributed by atoms with Crippen molar-refractivity contribution < 1.29 is 9.90 Å². The van der Waals surface area contributed by atoms with Crippen molar-refractivity contribution in [1.82, 2.24) is 4.57 Å². The molecular weight excluding hydrogens is 302 g/mol. The minimum Gasteiger partial charge on any atom is -0.393 e. The van der Waals surface area contributed by atoms with Crippen LogP contribution in [0, 0.1) is 0 Å². The summed E-state index contributed by atoms with van der Waals surface area (Å²) in [5, 5.41) is 12.8. The first-order valence-electron chi connectivity index (χ1n) is 8.72. The van der Waals surface area contributed by atoms with Crippen LogP contribution in [0.2, 0.25) is 0 Å². The summed E-state index contributed by atoms with van der Waals surface area (Å²) >= 11 is 0. The molecule has 5 nitrogen and oxygen atoms in total. The van der Waals surface area contributed by atoms with E-state index in [1.807, 2.05) is 42.6 Å². The molecule has 1 aliphatic heterocycles. The van der Waals surface area contributed by atoms with Gasteiger partial charge in [-0.15, -0.1) is 0 Å². The Kier molecular flexibility index (Phi) is 4.02. The van der Waals surface area contributed by atoms with E-state index in [1.54, 1.807) is 0 Å². The summed E-state index contributed by atoms with van der Waals surface area (Å²) in [5.74, 6) is -0.0589. The maximum absolute atomic E-state index is 12.7. The highest BCUT2D eigenvalue weighted by molar-refractivity contribution is 6.05. The lowest BCUT2D eigenvalue weighted by atomic mass is 10.1. The molecule has 24 heavy (non-hydrogen) atoms. The first-order valence-corrected chi connectivity index (χ1v) is 8.72. The van der Waals surface area contributed by atoms with Crippen LogP contribution in [0.15, 0.2) is 42.6 Å². The van der Waals surface area contributed by atoms with Crippen molar-refractivity contribution in [2.24, 2.45) is 0 Å². The number of benzene rings is 1. The van der Waals surface area contributed by atoms with Gasteiger partial charge in [0, 0.05) is 25.3 Å². The molecule has 5 heteroatoms. The van der Waals surface area contributed by atoms with Crippen molar-refractivity contribution in [3.63, 3.8) is 0 Å². The van der Waals surface area contributed by atoms with Gasteiger partial charge in [-0.1, -0.05) is 12.1 Å². The van der Waals surface area contributed by atoms with Crippen LogP contribution in [0.1, 0.15) is 42.2 Å². The van der Waals surface area contributed by atoms with Crippen LogP contribution < -0.4 is 10.2 Å². The van der Waals surface area contributed by atoms with Gasteiger partial charge in [0.05, 0.1) is 17.5 Å².